The molecule has 1 aromatic rings. The van der Waals surface area contributed by atoms with Gasteiger partial charge < -0.3 is 20.1 Å². The minimum absolute atomic E-state index is 0.00200. The van der Waals surface area contributed by atoms with Gasteiger partial charge in [-0.2, -0.15) is 4.31 Å². The zero-order valence-electron chi connectivity index (χ0n) is 18.4. The molecule has 2 N–H and O–H groups in total. The van der Waals surface area contributed by atoms with Crippen molar-refractivity contribution in [3.05, 3.63) is 40.1 Å². The average Bonchev–Trinajstić information content (AvgIpc) is 3.33. The van der Waals surface area contributed by atoms with E-state index in [-0.39, 0.29) is 33.4 Å². The Labute approximate surface area is 197 Å². The van der Waals surface area contributed by atoms with Crippen molar-refractivity contribution in [3.63, 3.8) is 0 Å². The molecule has 33 heavy (non-hydrogen) atoms. The van der Waals surface area contributed by atoms with Crippen LogP contribution in [0.25, 0.3) is 0 Å². The topological polar surface area (TPSA) is 131 Å². The van der Waals surface area contributed by atoms with Gasteiger partial charge in [0.15, 0.2) is 0 Å². The Morgan fingerprint density at radius 1 is 1.15 bits per heavy atom. The molecule has 0 saturated carbocycles. The number of amides is 2. The molecule has 0 spiro atoms. The van der Waals surface area contributed by atoms with Crippen LogP contribution in [0.15, 0.2) is 34.4 Å². The number of carbonyl (C=O) groups excluding carboxylic acids is 3. The number of nitrogens with zero attached hydrogens (tertiary/aromatic N) is 1. The monoisotopic (exact) mass is 499 g/mol. The number of esters is 2. The van der Waals surface area contributed by atoms with E-state index in [4.69, 9.17) is 21.1 Å². The molecule has 2 aliphatic heterocycles. The van der Waals surface area contributed by atoms with Crippen LogP contribution in [0, 0.1) is 0 Å². The molecule has 1 fully saturated rings. The van der Waals surface area contributed by atoms with E-state index in [1.807, 2.05) is 0 Å². The van der Waals surface area contributed by atoms with E-state index in [1.54, 1.807) is 13.8 Å². The predicted molar refractivity (Wildman–Crippen MR) is 119 cm³/mol. The maximum Gasteiger partial charge on any atom is 0.338 e. The number of rotatable bonds is 8. The number of hydrogen-bond donors (Lipinski definition) is 2. The van der Waals surface area contributed by atoms with Gasteiger partial charge in [-0.05, 0) is 44.4 Å². The van der Waals surface area contributed by atoms with Crippen molar-refractivity contribution < 1.29 is 32.3 Å². The van der Waals surface area contributed by atoms with Gasteiger partial charge in [0.05, 0.1) is 34.5 Å². The molecule has 1 aromatic carbocycles. The van der Waals surface area contributed by atoms with Crippen LogP contribution in [-0.4, -0.2) is 63.0 Å². The quantitative estimate of drug-likeness (QED) is 0.524. The van der Waals surface area contributed by atoms with Crippen LogP contribution in [0.4, 0.5) is 4.79 Å². The number of urea groups is 1. The molecule has 180 valence electrons. The molecule has 1 saturated heterocycles. The highest BCUT2D eigenvalue weighted by Gasteiger charge is 2.33. The molecule has 2 amide bonds. The standard InChI is InChI=1S/C21H26ClN3O7S/c1-3-15-18(20(27)31-4-2)16(24-21(28)23-15)12-32-19(26)13-7-8-14(22)17(11-13)33(29,30)25-9-5-6-10-25/h7-8,11,15H,3-6,9-10,12H2,1-2H3,(H2,23,24,28). The van der Waals surface area contributed by atoms with Gasteiger partial charge in [0.2, 0.25) is 10.0 Å². The lowest BCUT2D eigenvalue weighted by molar-refractivity contribution is -0.139. The van der Waals surface area contributed by atoms with Crippen LogP contribution in [0.2, 0.25) is 5.02 Å². The second-order valence-electron chi connectivity index (χ2n) is 7.50. The Hall–Kier alpha value is -2.63. The maximum atomic E-state index is 12.9. The number of halogens is 1. The Kier molecular flexibility index (Phi) is 7.98. The summed E-state index contributed by atoms with van der Waals surface area (Å²) in [6.07, 6.45) is 1.94. The van der Waals surface area contributed by atoms with Crippen molar-refractivity contribution in [2.75, 3.05) is 26.3 Å². The summed E-state index contributed by atoms with van der Waals surface area (Å²) in [5.41, 5.74) is 0.249. The highest BCUT2D eigenvalue weighted by Crippen LogP contribution is 2.28. The molecule has 2 aliphatic rings. The second kappa shape index (κ2) is 10.5. The molecular weight excluding hydrogens is 474 g/mol. The van der Waals surface area contributed by atoms with Gasteiger partial charge in [-0.15, -0.1) is 0 Å². The average molecular weight is 500 g/mol. The molecule has 0 bridgehead atoms. The first kappa shape index (κ1) is 25.0. The van der Waals surface area contributed by atoms with Crippen molar-refractivity contribution in [1.82, 2.24) is 14.9 Å². The first-order valence-corrected chi connectivity index (χ1v) is 12.4. The van der Waals surface area contributed by atoms with Crippen LogP contribution in [0.1, 0.15) is 43.5 Å². The summed E-state index contributed by atoms with van der Waals surface area (Å²) in [5.74, 6) is -1.46. The predicted octanol–water partition coefficient (Wildman–Crippen LogP) is 2.19. The summed E-state index contributed by atoms with van der Waals surface area (Å²) in [7, 11) is -3.85. The zero-order valence-corrected chi connectivity index (χ0v) is 19.9. The van der Waals surface area contributed by atoms with Crippen molar-refractivity contribution in [1.29, 1.82) is 0 Å². The summed E-state index contributed by atoms with van der Waals surface area (Å²) in [6, 6.07) is 2.72. The van der Waals surface area contributed by atoms with Crippen LogP contribution in [0.5, 0.6) is 0 Å². The van der Waals surface area contributed by atoms with Crippen LogP contribution < -0.4 is 10.6 Å². The van der Waals surface area contributed by atoms with Crippen molar-refractivity contribution in [3.8, 4) is 0 Å². The van der Waals surface area contributed by atoms with E-state index in [9.17, 15) is 22.8 Å². The van der Waals surface area contributed by atoms with E-state index < -0.39 is 40.6 Å². The lowest BCUT2D eigenvalue weighted by Crippen LogP contribution is -2.51. The molecule has 1 atom stereocenters. The Morgan fingerprint density at radius 3 is 2.48 bits per heavy atom. The van der Waals surface area contributed by atoms with E-state index in [0.717, 1.165) is 12.8 Å². The summed E-state index contributed by atoms with van der Waals surface area (Å²) in [6.45, 7) is 3.96. The molecular formula is C21H26ClN3O7S. The van der Waals surface area contributed by atoms with Gasteiger partial charge in [-0.1, -0.05) is 18.5 Å². The number of sulfonamides is 1. The highest BCUT2D eigenvalue weighted by molar-refractivity contribution is 7.89. The van der Waals surface area contributed by atoms with Gasteiger partial charge in [0, 0.05) is 13.1 Å². The van der Waals surface area contributed by atoms with E-state index >= 15 is 0 Å². The fourth-order valence-electron chi connectivity index (χ4n) is 3.69. The smallest absolute Gasteiger partial charge is 0.338 e. The molecule has 0 aliphatic carbocycles. The van der Waals surface area contributed by atoms with Crippen molar-refractivity contribution in [2.45, 2.75) is 44.0 Å². The van der Waals surface area contributed by atoms with Gasteiger partial charge in [0.25, 0.3) is 0 Å². The summed E-state index contributed by atoms with van der Waals surface area (Å²) in [5, 5.41) is 5.12. The van der Waals surface area contributed by atoms with Gasteiger partial charge in [-0.3, -0.25) is 0 Å². The van der Waals surface area contributed by atoms with Crippen LogP contribution in [-0.2, 0) is 24.3 Å². The fraction of sp³-hybridized carbons (Fsp3) is 0.476. The zero-order chi connectivity index (χ0) is 24.2. The Balaban J connectivity index is 1.83. The number of hydrogen-bond acceptors (Lipinski definition) is 7. The summed E-state index contributed by atoms with van der Waals surface area (Å²) < 4.78 is 37.5. The number of carbonyl (C=O) groups is 3. The van der Waals surface area contributed by atoms with Gasteiger partial charge in [-0.25, -0.2) is 22.8 Å². The Bertz CT molecular complexity index is 1080. The third-order valence-corrected chi connectivity index (χ3v) is 7.72. The van der Waals surface area contributed by atoms with E-state index in [1.165, 1.54) is 22.5 Å². The van der Waals surface area contributed by atoms with Crippen LogP contribution >= 0.6 is 11.6 Å². The molecule has 3 rings (SSSR count). The third-order valence-electron chi connectivity index (χ3n) is 5.34. The van der Waals surface area contributed by atoms with Crippen molar-refractivity contribution in [2.24, 2.45) is 0 Å². The molecule has 12 heteroatoms. The number of ether oxygens (including phenoxy) is 2. The molecule has 2 heterocycles. The summed E-state index contributed by atoms with van der Waals surface area (Å²) >= 11 is 6.12. The highest BCUT2D eigenvalue weighted by atomic mass is 35.5. The Morgan fingerprint density at radius 2 is 1.85 bits per heavy atom. The normalized spacial score (nSPS) is 19.1. The minimum Gasteiger partial charge on any atom is -0.463 e. The first-order chi connectivity index (χ1) is 15.7. The lowest BCUT2D eigenvalue weighted by atomic mass is 10.0. The first-order valence-electron chi connectivity index (χ1n) is 10.6. The lowest BCUT2D eigenvalue weighted by Gasteiger charge is -2.28. The van der Waals surface area contributed by atoms with E-state index in [2.05, 4.69) is 10.6 Å². The molecule has 0 aromatic heterocycles. The maximum absolute atomic E-state index is 12.9. The number of benzene rings is 1. The van der Waals surface area contributed by atoms with Gasteiger partial charge >= 0.3 is 18.0 Å². The van der Waals surface area contributed by atoms with Gasteiger partial charge in [0.1, 0.15) is 11.5 Å². The largest absolute Gasteiger partial charge is 0.463 e. The summed E-state index contributed by atoms with van der Waals surface area (Å²) in [4.78, 5) is 36.9. The molecule has 10 nitrogen and oxygen atoms in total. The van der Waals surface area contributed by atoms with Crippen LogP contribution in [0.3, 0.4) is 0 Å². The minimum atomic E-state index is -3.85. The number of nitrogens with one attached hydrogen (secondary N) is 2. The fourth-order valence-corrected chi connectivity index (χ4v) is 5.71. The van der Waals surface area contributed by atoms with Crippen molar-refractivity contribution >= 4 is 39.6 Å². The van der Waals surface area contributed by atoms with E-state index in [0.29, 0.717) is 19.5 Å². The SMILES string of the molecule is CCOC(=O)C1=C(COC(=O)c2ccc(Cl)c(S(=O)(=O)N3CCCC3)c2)NC(=O)NC1CC. The third kappa shape index (κ3) is 5.48. The molecule has 0 radical (unpaired) electrons. The molecule has 1 unspecified atom stereocenters. The second-order valence-corrected chi connectivity index (χ2v) is 9.82.